The van der Waals surface area contributed by atoms with Gasteiger partial charge in [0.25, 0.3) is 0 Å². The lowest BCUT2D eigenvalue weighted by Crippen LogP contribution is -2.24. The highest BCUT2D eigenvalue weighted by Crippen LogP contribution is 2.22. The van der Waals surface area contributed by atoms with Gasteiger partial charge >= 0.3 is 12.1 Å². The summed E-state index contributed by atoms with van der Waals surface area (Å²) < 4.78 is 37.8. The molecular formula is C11H8F3NO2. The van der Waals surface area contributed by atoms with Crippen LogP contribution in [0.15, 0.2) is 48.1 Å². The van der Waals surface area contributed by atoms with Crippen LogP contribution in [0.2, 0.25) is 0 Å². The molecule has 0 amide bonds. The van der Waals surface area contributed by atoms with E-state index in [1.54, 1.807) is 6.07 Å². The van der Waals surface area contributed by atoms with Crippen molar-refractivity contribution in [2.75, 3.05) is 0 Å². The van der Waals surface area contributed by atoms with Gasteiger partial charge in [0.15, 0.2) is 5.71 Å². The third-order valence-electron chi connectivity index (χ3n) is 1.71. The molecule has 0 aliphatic carbocycles. The van der Waals surface area contributed by atoms with Gasteiger partial charge < -0.3 is 4.84 Å². The van der Waals surface area contributed by atoms with Crippen LogP contribution in [0, 0.1) is 0 Å². The molecule has 1 aromatic rings. The molecule has 0 aliphatic rings. The number of benzene rings is 1. The summed E-state index contributed by atoms with van der Waals surface area (Å²) in [7, 11) is 0. The number of hydrogen-bond donors (Lipinski definition) is 0. The average Bonchev–Trinajstić information content (AvgIpc) is 2.28. The van der Waals surface area contributed by atoms with E-state index < -0.39 is 17.9 Å². The second-order valence-electron chi connectivity index (χ2n) is 2.92. The van der Waals surface area contributed by atoms with Crippen molar-refractivity contribution in [2.45, 2.75) is 6.18 Å². The molecule has 90 valence electrons. The molecule has 0 aromatic heterocycles. The first-order chi connectivity index (χ1) is 7.95. The Bertz CT molecular complexity index is 438. The van der Waals surface area contributed by atoms with E-state index in [1.807, 2.05) is 0 Å². The number of carbonyl (C=O) groups is 1. The zero-order valence-corrected chi connectivity index (χ0v) is 8.57. The Balaban J connectivity index is 3.06. The summed E-state index contributed by atoms with van der Waals surface area (Å²) in [5.74, 6) is -1.05. The molecule has 1 aromatic carbocycles. The van der Waals surface area contributed by atoms with Crippen LogP contribution in [0.3, 0.4) is 0 Å². The van der Waals surface area contributed by atoms with Crippen LogP contribution in [0.25, 0.3) is 0 Å². The fourth-order valence-electron chi connectivity index (χ4n) is 0.992. The van der Waals surface area contributed by atoms with E-state index in [9.17, 15) is 18.0 Å². The third-order valence-corrected chi connectivity index (χ3v) is 1.71. The topological polar surface area (TPSA) is 38.7 Å². The van der Waals surface area contributed by atoms with Gasteiger partial charge in [-0.1, -0.05) is 42.1 Å². The fourth-order valence-corrected chi connectivity index (χ4v) is 0.992. The van der Waals surface area contributed by atoms with Crippen molar-refractivity contribution >= 4 is 11.7 Å². The summed E-state index contributed by atoms with van der Waals surface area (Å²) in [6.45, 7) is 3.05. The molecule has 0 saturated heterocycles. The maximum Gasteiger partial charge on any atom is 0.437 e. The minimum atomic E-state index is -4.71. The molecule has 0 atom stereocenters. The summed E-state index contributed by atoms with van der Waals surface area (Å²) >= 11 is 0. The molecular weight excluding hydrogens is 235 g/mol. The molecule has 0 aliphatic heterocycles. The minimum absolute atomic E-state index is 0.183. The van der Waals surface area contributed by atoms with Gasteiger partial charge in [-0.05, 0) is 0 Å². The molecule has 0 fully saturated rings. The number of oxime groups is 1. The van der Waals surface area contributed by atoms with Crippen LogP contribution in [-0.2, 0) is 9.63 Å². The molecule has 6 heteroatoms. The van der Waals surface area contributed by atoms with Crippen LogP contribution in [0.5, 0.6) is 0 Å². The van der Waals surface area contributed by atoms with E-state index in [0.29, 0.717) is 0 Å². The van der Waals surface area contributed by atoms with Gasteiger partial charge in [0.1, 0.15) is 0 Å². The van der Waals surface area contributed by atoms with Crippen LogP contribution < -0.4 is 0 Å². The van der Waals surface area contributed by atoms with E-state index in [-0.39, 0.29) is 5.56 Å². The Kier molecular flexibility index (Phi) is 4.03. The first kappa shape index (κ1) is 13.0. The Morgan fingerprint density at radius 3 is 2.35 bits per heavy atom. The number of carbonyl (C=O) groups excluding carboxylic acids is 1. The summed E-state index contributed by atoms with van der Waals surface area (Å²) in [5, 5.41) is 2.81. The normalized spacial score (nSPS) is 12.1. The summed E-state index contributed by atoms with van der Waals surface area (Å²) in [6, 6.07) is 6.84. The smallest absolute Gasteiger partial charge is 0.313 e. The molecule has 0 heterocycles. The third kappa shape index (κ3) is 3.75. The Labute approximate surface area is 95.2 Å². The van der Waals surface area contributed by atoms with Crippen molar-refractivity contribution in [3.8, 4) is 0 Å². The van der Waals surface area contributed by atoms with Crippen molar-refractivity contribution in [2.24, 2.45) is 5.16 Å². The van der Waals surface area contributed by atoms with Gasteiger partial charge in [-0.25, -0.2) is 4.79 Å². The SMILES string of the molecule is C=CC(=O)ON=C(c1ccccc1)C(F)(F)F. The zero-order chi connectivity index (χ0) is 12.9. The number of rotatable bonds is 3. The zero-order valence-electron chi connectivity index (χ0n) is 8.57. The average molecular weight is 243 g/mol. The first-order valence-electron chi connectivity index (χ1n) is 4.49. The summed E-state index contributed by atoms with van der Waals surface area (Å²) in [4.78, 5) is 14.7. The maximum atomic E-state index is 12.6. The number of nitrogens with zero attached hydrogens (tertiary/aromatic N) is 1. The monoisotopic (exact) mass is 243 g/mol. The summed E-state index contributed by atoms with van der Waals surface area (Å²) in [6.07, 6.45) is -3.98. The highest BCUT2D eigenvalue weighted by Gasteiger charge is 2.37. The second kappa shape index (κ2) is 5.29. The van der Waals surface area contributed by atoms with E-state index in [0.717, 1.165) is 6.08 Å². The predicted molar refractivity (Wildman–Crippen MR) is 55.3 cm³/mol. The molecule has 0 bridgehead atoms. The molecule has 0 N–H and O–H groups in total. The lowest BCUT2D eigenvalue weighted by molar-refractivity contribution is -0.138. The Morgan fingerprint density at radius 1 is 1.29 bits per heavy atom. The number of halogens is 3. The van der Waals surface area contributed by atoms with Crippen molar-refractivity contribution in [1.29, 1.82) is 0 Å². The van der Waals surface area contributed by atoms with E-state index >= 15 is 0 Å². The van der Waals surface area contributed by atoms with Crippen LogP contribution in [0.4, 0.5) is 13.2 Å². The Hall–Kier alpha value is -2.11. The molecule has 1 rings (SSSR count). The Morgan fingerprint density at radius 2 is 1.88 bits per heavy atom. The first-order valence-corrected chi connectivity index (χ1v) is 4.49. The number of hydrogen-bond acceptors (Lipinski definition) is 3. The van der Waals surface area contributed by atoms with Crippen molar-refractivity contribution in [3.63, 3.8) is 0 Å². The van der Waals surface area contributed by atoms with Gasteiger partial charge in [0.05, 0.1) is 0 Å². The standard InChI is InChI=1S/C11H8F3NO2/c1-2-9(16)17-15-10(11(12,13)14)8-6-4-3-5-7-8/h2-7H,1H2. The highest BCUT2D eigenvalue weighted by molar-refractivity contribution is 6.04. The maximum absolute atomic E-state index is 12.6. The predicted octanol–water partition coefficient (Wildman–Crippen LogP) is 2.68. The molecule has 17 heavy (non-hydrogen) atoms. The fraction of sp³-hybridized carbons (Fsp3) is 0.0909. The van der Waals surface area contributed by atoms with E-state index in [4.69, 9.17) is 0 Å². The number of alkyl halides is 3. The largest absolute Gasteiger partial charge is 0.437 e. The summed E-state index contributed by atoms with van der Waals surface area (Å²) in [5.41, 5.74) is -1.45. The van der Waals surface area contributed by atoms with Crippen molar-refractivity contribution in [3.05, 3.63) is 48.6 Å². The van der Waals surface area contributed by atoms with Gasteiger partial charge in [-0.2, -0.15) is 13.2 Å². The molecule has 0 saturated carbocycles. The van der Waals surface area contributed by atoms with Gasteiger partial charge in [0, 0.05) is 11.6 Å². The van der Waals surface area contributed by atoms with Gasteiger partial charge in [-0.3, -0.25) is 0 Å². The van der Waals surface area contributed by atoms with Crippen molar-refractivity contribution in [1.82, 2.24) is 0 Å². The molecule has 0 unspecified atom stereocenters. The van der Waals surface area contributed by atoms with E-state index in [2.05, 4.69) is 16.6 Å². The lowest BCUT2D eigenvalue weighted by atomic mass is 10.1. The van der Waals surface area contributed by atoms with Crippen LogP contribution in [-0.4, -0.2) is 17.9 Å². The molecule has 0 radical (unpaired) electrons. The molecule has 3 nitrogen and oxygen atoms in total. The second-order valence-corrected chi connectivity index (χ2v) is 2.92. The van der Waals surface area contributed by atoms with Crippen LogP contribution >= 0.6 is 0 Å². The lowest BCUT2D eigenvalue weighted by Gasteiger charge is -2.09. The van der Waals surface area contributed by atoms with Gasteiger partial charge in [-0.15, -0.1) is 0 Å². The minimum Gasteiger partial charge on any atom is -0.313 e. The molecule has 0 spiro atoms. The highest BCUT2D eigenvalue weighted by atomic mass is 19.4. The van der Waals surface area contributed by atoms with Crippen LogP contribution in [0.1, 0.15) is 5.56 Å². The van der Waals surface area contributed by atoms with Gasteiger partial charge in [0.2, 0.25) is 0 Å². The quantitative estimate of drug-likeness (QED) is 0.354. The van der Waals surface area contributed by atoms with E-state index in [1.165, 1.54) is 24.3 Å². The van der Waals surface area contributed by atoms with Crippen molar-refractivity contribution < 1.29 is 22.8 Å².